The summed E-state index contributed by atoms with van der Waals surface area (Å²) in [7, 11) is 0. The van der Waals surface area contributed by atoms with E-state index in [2.05, 4.69) is 157 Å². The molecule has 19 nitrogen and oxygen atoms in total. The molecular formula is C111H181N3O16. The van der Waals surface area contributed by atoms with E-state index < -0.39 is 0 Å². The third-order valence-electron chi connectivity index (χ3n) is 20.3. The Morgan fingerprint density at radius 1 is 0.292 bits per heavy atom. The molecule has 0 aliphatic rings. The second kappa shape index (κ2) is 57.3. The van der Waals surface area contributed by atoms with E-state index in [1.165, 1.54) is 16.7 Å². The maximum Gasteiger partial charge on any atom is 0.163 e. The van der Waals surface area contributed by atoms with E-state index in [-0.39, 0.29) is 128 Å². The number of carbonyl (C=O) groups is 6. The molecular weight excluding hydrogens is 1630 g/mol. The monoisotopic (exact) mass is 1810 g/mol. The second-order valence-corrected chi connectivity index (χ2v) is 46.5. The molecule has 0 amide bonds. The molecule has 0 saturated carbocycles. The molecule has 0 spiro atoms. The van der Waals surface area contributed by atoms with Crippen LogP contribution in [0.25, 0.3) is 22.4 Å². The minimum atomic E-state index is -0.361. The van der Waals surface area contributed by atoms with Gasteiger partial charge in [-0.25, -0.2) is 0 Å². The first-order chi connectivity index (χ1) is 59.1. The highest BCUT2D eigenvalue weighted by atomic mass is 16.5. The Labute approximate surface area is 789 Å². The lowest BCUT2D eigenvalue weighted by Gasteiger charge is -2.19. The van der Waals surface area contributed by atoms with Gasteiger partial charge < -0.3 is 53.5 Å². The van der Waals surface area contributed by atoms with Crippen LogP contribution in [0.1, 0.15) is 310 Å². The lowest BCUT2D eigenvalue weighted by molar-refractivity contribution is -0.132. The first-order valence-electron chi connectivity index (χ1n) is 46.8. The summed E-state index contributed by atoms with van der Waals surface area (Å²) in [6.07, 6.45) is 8.38. The zero-order chi connectivity index (χ0) is 98.7. The molecule has 736 valence electrons. The van der Waals surface area contributed by atoms with Gasteiger partial charge in [-0.1, -0.05) is 313 Å². The van der Waals surface area contributed by atoms with Crippen LogP contribution in [0, 0.1) is 48.7 Å². The summed E-state index contributed by atoms with van der Waals surface area (Å²) in [5.41, 5.74) is 8.25. The molecule has 6 aromatic rings. The first-order valence-corrected chi connectivity index (χ1v) is 46.8. The summed E-state index contributed by atoms with van der Waals surface area (Å²) >= 11 is 0. The van der Waals surface area contributed by atoms with Crippen LogP contribution in [0.2, 0.25) is 0 Å². The number of hydrogen-bond donors (Lipinski definition) is 1. The van der Waals surface area contributed by atoms with Crippen LogP contribution in [-0.4, -0.2) is 149 Å². The predicted octanol–water partition coefficient (Wildman–Crippen LogP) is 26.6. The summed E-state index contributed by atoms with van der Waals surface area (Å²) in [5, 5.41) is 4.60. The van der Waals surface area contributed by atoms with Crippen molar-refractivity contribution in [1.29, 1.82) is 0 Å². The summed E-state index contributed by atoms with van der Waals surface area (Å²) in [6.45, 7) is 82.3. The van der Waals surface area contributed by atoms with Crippen LogP contribution < -0.4 is 15.6 Å². The van der Waals surface area contributed by atoms with E-state index in [0.717, 1.165) is 110 Å². The second-order valence-electron chi connectivity index (χ2n) is 46.5. The maximum atomic E-state index is 12.1. The quantitative estimate of drug-likeness (QED) is 0.0351. The highest BCUT2D eigenvalue weighted by molar-refractivity contribution is 5.87. The molecule has 0 aliphatic heterocycles. The molecule has 0 fully saturated rings. The number of hydrogen-bond acceptors (Lipinski definition) is 18. The molecule has 1 aromatic heterocycles. The van der Waals surface area contributed by atoms with Gasteiger partial charge in [0.1, 0.15) is 62.7 Å². The number of ketones is 6. The van der Waals surface area contributed by atoms with Gasteiger partial charge in [0.25, 0.3) is 0 Å². The zero-order valence-corrected chi connectivity index (χ0v) is 88.3. The molecule has 5 aromatic carbocycles. The number of nitrogens with zero attached hydrogens (tertiary/aromatic N) is 2. The van der Waals surface area contributed by atoms with Crippen molar-refractivity contribution in [3.63, 3.8) is 0 Å². The van der Waals surface area contributed by atoms with Crippen LogP contribution in [0.4, 0.5) is 0 Å². The molecule has 0 unspecified atom stereocenters. The summed E-state index contributed by atoms with van der Waals surface area (Å²) < 4.78 is 57.3. The Kier molecular flexibility index (Phi) is 54.1. The van der Waals surface area contributed by atoms with Crippen molar-refractivity contribution in [2.75, 3.05) is 99.1 Å². The average molecular weight is 1810 g/mol. The molecule has 0 aliphatic carbocycles. The fourth-order valence-corrected chi connectivity index (χ4v) is 10.3. The molecule has 0 saturated heterocycles. The standard InChI is InChI=1S/C24H32O3.C23H30O3.C21H30N2O2.C16H32O3.C15H30O3.C12H24O2.H3N/c1-23(2,3)20-11-7-18(8-12-20)19-9-13-21(14-10-19)27-16-15-26-17-22(25)24(4,5)6;1-22(2,3)18-9-13-20(14-10-18)26-19-11-7-17(8-12-19)15-25-16-21(24)23(4,5)6;1-20(2,3)19(24)15-16-7-9-17(10-8-16)18-11-12-23(22-18)13-14-25-21(4,5)6;1-15(2,3)9-12-18-10-7-8-11-19-13-14(17)16(4,5)6;1-14(2,3)8-11-17-9-7-10-18-12-13(16)15(4,5)6;1-11(2,3)7-8-14-9-10(13)12(4,5)6;/h7-14H,15-17H2,1-6H3;7-14H,15-16H2,1-6H3;7-12H,13-15H2,1-6H3;7-13H2,1-6H3;7-12H2,1-6H3;7-9H2,1-6H3;1H3. The minimum absolute atomic E-state index is 0. The van der Waals surface area contributed by atoms with Crippen LogP contribution >= 0.6 is 0 Å². The van der Waals surface area contributed by atoms with E-state index in [9.17, 15) is 28.8 Å². The molecule has 0 atom stereocenters. The molecule has 0 bridgehead atoms. The van der Waals surface area contributed by atoms with E-state index in [1.54, 1.807) is 0 Å². The predicted molar refractivity (Wildman–Crippen MR) is 537 cm³/mol. The molecule has 3 N–H and O–H groups in total. The largest absolute Gasteiger partial charge is 0.491 e. The van der Waals surface area contributed by atoms with Gasteiger partial charge in [0.15, 0.2) is 28.9 Å². The van der Waals surface area contributed by atoms with Gasteiger partial charge in [0.2, 0.25) is 0 Å². The smallest absolute Gasteiger partial charge is 0.163 e. The number of rotatable bonds is 40. The Bertz CT molecular complexity index is 4130. The first kappa shape index (κ1) is 123. The number of aromatic nitrogens is 2. The third kappa shape index (κ3) is 59.9. The highest BCUT2D eigenvalue weighted by Crippen LogP contribution is 2.32. The van der Waals surface area contributed by atoms with E-state index in [1.807, 2.05) is 235 Å². The zero-order valence-electron chi connectivity index (χ0n) is 88.3. The average Bonchev–Trinajstić information content (AvgIpc) is 1.27. The summed E-state index contributed by atoms with van der Waals surface area (Å²) in [6, 6.07) is 42.8. The molecule has 1 heterocycles. The number of carbonyl (C=O) groups excluding carboxylic acids is 6. The molecule has 6 rings (SSSR count). The Morgan fingerprint density at radius 2 is 0.600 bits per heavy atom. The van der Waals surface area contributed by atoms with Gasteiger partial charge in [-0.05, 0) is 162 Å². The van der Waals surface area contributed by atoms with E-state index in [4.69, 9.17) is 47.4 Å². The van der Waals surface area contributed by atoms with Gasteiger partial charge in [-0.2, -0.15) is 5.10 Å². The van der Waals surface area contributed by atoms with Crippen LogP contribution in [0.15, 0.2) is 134 Å². The summed E-state index contributed by atoms with van der Waals surface area (Å²) in [4.78, 5) is 70.4. The lowest BCUT2D eigenvalue weighted by atomic mass is 9.86. The highest BCUT2D eigenvalue weighted by Gasteiger charge is 2.27. The Hall–Kier alpha value is -7.43. The Balaban J connectivity index is 0.00000155. The van der Waals surface area contributed by atoms with Crippen molar-refractivity contribution in [1.82, 2.24) is 15.9 Å². The number of ether oxygens (including phenoxy) is 10. The fraction of sp³-hybridized carbons (Fsp3) is 0.649. The van der Waals surface area contributed by atoms with Crippen LogP contribution in [0.3, 0.4) is 0 Å². The van der Waals surface area contributed by atoms with Gasteiger partial charge in [0, 0.05) is 96.9 Å². The number of unbranched alkanes of at least 4 members (excludes halogenated alkanes) is 1. The fourth-order valence-electron chi connectivity index (χ4n) is 10.3. The maximum absolute atomic E-state index is 12.1. The van der Waals surface area contributed by atoms with Gasteiger partial charge in [0.05, 0.1) is 37.7 Å². The van der Waals surface area contributed by atoms with Crippen LogP contribution in [0.5, 0.6) is 17.2 Å². The normalized spacial score (nSPS) is 12.3. The SMILES string of the molecule is CC(C)(C)C(=O)COCCOc1ccc(-c2ccc(C(C)(C)C)cc2)cc1.CC(C)(C)C(=O)COCc1ccc(Oc2ccc(C(C)(C)C)cc2)cc1.CC(C)(C)CCOCC(=O)C(C)(C)C.CC(C)(C)CCOCCCCOCC(=O)C(C)(C)C.CC(C)(C)CCOCCCOCC(=O)C(C)(C)C.CC(C)(C)OCCn1ccc(-c2ccc(CC(=O)C(C)(C)C)cc2)n1.N. The van der Waals surface area contributed by atoms with Crippen LogP contribution in [-0.2, 0) is 97.1 Å². The number of benzene rings is 5. The number of Topliss-reactive ketones (excluding diaryl/α,β-unsaturated/α-hetero) is 6. The Morgan fingerprint density at radius 3 is 0.977 bits per heavy atom. The van der Waals surface area contributed by atoms with Crippen molar-refractivity contribution in [2.24, 2.45) is 48.7 Å². The minimum Gasteiger partial charge on any atom is -0.491 e. The van der Waals surface area contributed by atoms with E-state index in [0.29, 0.717) is 70.1 Å². The van der Waals surface area contributed by atoms with Crippen molar-refractivity contribution < 1.29 is 76.1 Å². The third-order valence-corrected chi connectivity index (χ3v) is 20.3. The molecule has 130 heavy (non-hydrogen) atoms. The van der Waals surface area contributed by atoms with Gasteiger partial charge >= 0.3 is 0 Å². The summed E-state index contributed by atoms with van der Waals surface area (Å²) in [5.74, 6) is 3.34. The molecule has 19 heteroatoms. The van der Waals surface area contributed by atoms with Crippen molar-refractivity contribution in [3.05, 3.63) is 156 Å². The van der Waals surface area contributed by atoms with Crippen molar-refractivity contribution in [2.45, 2.75) is 324 Å². The topological polar surface area (TPSA) is 248 Å². The van der Waals surface area contributed by atoms with Crippen molar-refractivity contribution >= 4 is 34.7 Å². The van der Waals surface area contributed by atoms with Crippen molar-refractivity contribution in [3.8, 4) is 39.6 Å². The lowest BCUT2D eigenvalue weighted by Crippen LogP contribution is -2.25. The van der Waals surface area contributed by atoms with Gasteiger partial charge in [-0.15, -0.1) is 0 Å². The van der Waals surface area contributed by atoms with E-state index >= 15 is 0 Å². The molecule has 0 radical (unpaired) electrons. The van der Waals surface area contributed by atoms with Gasteiger partial charge in [-0.3, -0.25) is 33.4 Å².